The van der Waals surface area contributed by atoms with E-state index in [9.17, 15) is 4.79 Å². The fourth-order valence-corrected chi connectivity index (χ4v) is 2.09. The first kappa shape index (κ1) is 13.1. The van der Waals surface area contributed by atoms with Gasteiger partial charge in [0.25, 0.3) is 5.91 Å². The van der Waals surface area contributed by atoms with Gasteiger partial charge in [0, 0.05) is 5.69 Å². The summed E-state index contributed by atoms with van der Waals surface area (Å²) in [7, 11) is 0. The van der Waals surface area contributed by atoms with Gasteiger partial charge < -0.3 is 15.8 Å². The first-order chi connectivity index (χ1) is 8.69. The van der Waals surface area contributed by atoms with E-state index in [4.69, 9.17) is 10.5 Å². The largest absolute Gasteiger partial charge is 0.365 e. The summed E-state index contributed by atoms with van der Waals surface area (Å²) >= 11 is 0. The van der Waals surface area contributed by atoms with Gasteiger partial charge in [0.2, 0.25) is 0 Å². The molecule has 4 heteroatoms. The van der Waals surface area contributed by atoms with E-state index >= 15 is 0 Å². The van der Waals surface area contributed by atoms with Crippen LogP contribution in [0.3, 0.4) is 0 Å². The Hall–Kier alpha value is -1.39. The van der Waals surface area contributed by atoms with Crippen molar-refractivity contribution in [2.24, 2.45) is 11.7 Å². The maximum Gasteiger partial charge on any atom is 0.253 e. The van der Waals surface area contributed by atoms with E-state index in [1.54, 1.807) is 6.92 Å². The molecule has 0 bridgehead atoms. The summed E-state index contributed by atoms with van der Waals surface area (Å²) in [6, 6.07) is 9.41. The number of hydrogen-bond donors (Lipinski definition) is 2. The number of nitrogens with one attached hydrogen (secondary N) is 1. The lowest BCUT2D eigenvalue weighted by molar-refractivity contribution is -0.135. The van der Waals surface area contributed by atoms with E-state index in [1.165, 1.54) is 0 Å². The molecule has 1 aliphatic carbocycles. The quantitative estimate of drug-likeness (QED) is 0.834. The standard InChI is InChI=1S/C14H20N2O2/c1-10(18-13-7-11(8-13)9-15)14(17)16-12-5-3-2-4-6-12/h2-6,10-11,13H,7-9,15H2,1H3,(H,16,17). The number of amides is 1. The van der Waals surface area contributed by atoms with Crippen molar-refractivity contribution < 1.29 is 9.53 Å². The van der Waals surface area contributed by atoms with Crippen LogP contribution in [0.4, 0.5) is 5.69 Å². The molecule has 1 atom stereocenters. The number of carbonyl (C=O) groups is 1. The van der Waals surface area contributed by atoms with Crippen LogP contribution < -0.4 is 11.1 Å². The van der Waals surface area contributed by atoms with Gasteiger partial charge in [-0.1, -0.05) is 18.2 Å². The van der Waals surface area contributed by atoms with Crippen molar-refractivity contribution >= 4 is 11.6 Å². The third-order valence-electron chi connectivity index (χ3n) is 3.33. The first-order valence-corrected chi connectivity index (χ1v) is 6.40. The van der Waals surface area contributed by atoms with Crippen molar-refractivity contribution in [2.75, 3.05) is 11.9 Å². The zero-order chi connectivity index (χ0) is 13.0. The Bertz CT molecular complexity index is 388. The average Bonchev–Trinajstić information content (AvgIpc) is 2.34. The van der Waals surface area contributed by atoms with Gasteiger partial charge in [-0.15, -0.1) is 0 Å². The Morgan fingerprint density at radius 2 is 2.11 bits per heavy atom. The van der Waals surface area contributed by atoms with Gasteiger partial charge in [-0.05, 0) is 44.4 Å². The van der Waals surface area contributed by atoms with E-state index in [-0.39, 0.29) is 12.0 Å². The van der Waals surface area contributed by atoms with Crippen LogP contribution in [0.25, 0.3) is 0 Å². The average molecular weight is 248 g/mol. The lowest BCUT2D eigenvalue weighted by Crippen LogP contribution is -2.40. The molecular weight excluding hydrogens is 228 g/mol. The molecule has 0 aliphatic heterocycles. The Morgan fingerprint density at radius 3 is 2.72 bits per heavy atom. The molecule has 1 aromatic rings. The van der Waals surface area contributed by atoms with Crippen LogP contribution in [0.5, 0.6) is 0 Å². The van der Waals surface area contributed by atoms with E-state index in [0.717, 1.165) is 18.5 Å². The minimum Gasteiger partial charge on any atom is -0.365 e. The molecule has 1 aromatic carbocycles. The molecule has 0 aromatic heterocycles. The highest BCUT2D eigenvalue weighted by Gasteiger charge is 2.31. The van der Waals surface area contributed by atoms with Gasteiger partial charge in [0.1, 0.15) is 6.10 Å². The summed E-state index contributed by atoms with van der Waals surface area (Å²) in [5.41, 5.74) is 6.35. The summed E-state index contributed by atoms with van der Waals surface area (Å²) in [6.45, 7) is 2.50. The summed E-state index contributed by atoms with van der Waals surface area (Å²) in [4.78, 5) is 11.9. The topological polar surface area (TPSA) is 64.3 Å². The molecule has 1 unspecified atom stereocenters. The molecule has 0 heterocycles. The van der Waals surface area contributed by atoms with Crippen LogP contribution in [0.2, 0.25) is 0 Å². The number of ether oxygens (including phenoxy) is 1. The van der Waals surface area contributed by atoms with Crippen LogP contribution in [-0.4, -0.2) is 24.7 Å². The van der Waals surface area contributed by atoms with Crippen molar-refractivity contribution in [1.82, 2.24) is 0 Å². The summed E-state index contributed by atoms with van der Waals surface area (Å²) in [5.74, 6) is 0.469. The molecule has 1 amide bonds. The zero-order valence-electron chi connectivity index (χ0n) is 10.6. The Morgan fingerprint density at radius 1 is 1.44 bits per heavy atom. The molecule has 98 valence electrons. The summed E-state index contributed by atoms with van der Waals surface area (Å²) in [5, 5.41) is 2.83. The first-order valence-electron chi connectivity index (χ1n) is 6.40. The molecular formula is C14H20N2O2. The van der Waals surface area contributed by atoms with Gasteiger partial charge in [-0.25, -0.2) is 0 Å². The smallest absolute Gasteiger partial charge is 0.253 e. The molecule has 2 rings (SSSR count). The highest BCUT2D eigenvalue weighted by Crippen LogP contribution is 2.29. The van der Waals surface area contributed by atoms with E-state index in [2.05, 4.69) is 5.32 Å². The number of anilines is 1. The zero-order valence-corrected chi connectivity index (χ0v) is 10.6. The maximum atomic E-state index is 11.9. The monoisotopic (exact) mass is 248 g/mol. The van der Waals surface area contributed by atoms with Crippen molar-refractivity contribution in [3.63, 3.8) is 0 Å². The highest BCUT2D eigenvalue weighted by molar-refractivity contribution is 5.93. The molecule has 0 saturated heterocycles. The predicted molar refractivity (Wildman–Crippen MR) is 71.2 cm³/mol. The minimum atomic E-state index is -0.422. The number of para-hydroxylation sites is 1. The van der Waals surface area contributed by atoms with E-state index in [1.807, 2.05) is 30.3 Å². The molecule has 1 aliphatic rings. The second-order valence-corrected chi connectivity index (χ2v) is 4.83. The fraction of sp³-hybridized carbons (Fsp3) is 0.500. The summed E-state index contributed by atoms with van der Waals surface area (Å²) in [6.07, 6.45) is 1.71. The molecule has 1 fully saturated rings. The predicted octanol–water partition coefficient (Wildman–Crippen LogP) is 1.77. The second-order valence-electron chi connectivity index (χ2n) is 4.83. The normalized spacial score (nSPS) is 24.1. The highest BCUT2D eigenvalue weighted by atomic mass is 16.5. The van der Waals surface area contributed by atoms with Crippen molar-refractivity contribution in [1.29, 1.82) is 0 Å². The van der Waals surface area contributed by atoms with Crippen LogP contribution in [0.15, 0.2) is 30.3 Å². The number of benzene rings is 1. The maximum absolute atomic E-state index is 11.9. The van der Waals surface area contributed by atoms with Crippen molar-refractivity contribution in [2.45, 2.75) is 32.0 Å². The number of nitrogens with two attached hydrogens (primary N) is 1. The van der Waals surface area contributed by atoms with Gasteiger partial charge in [0.15, 0.2) is 0 Å². The number of hydrogen-bond acceptors (Lipinski definition) is 3. The van der Waals surface area contributed by atoms with Gasteiger partial charge in [-0.2, -0.15) is 0 Å². The number of carbonyl (C=O) groups excluding carboxylic acids is 1. The van der Waals surface area contributed by atoms with Gasteiger partial charge >= 0.3 is 0 Å². The second kappa shape index (κ2) is 5.98. The SMILES string of the molecule is CC(OC1CC(CN)C1)C(=O)Nc1ccccc1. The Balaban J connectivity index is 1.76. The van der Waals surface area contributed by atoms with Crippen LogP contribution in [0, 0.1) is 5.92 Å². The van der Waals surface area contributed by atoms with Crippen LogP contribution in [-0.2, 0) is 9.53 Å². The van der Waals surface area contributed by atoms with E-state index in [0.29, 0.717) is 12.5 Å². The van der Waals surface area contributed by atoms with Crippen molar-refractivity contribution in [3.8, 4) is 0 Å². The molecule has 4 nitrogen and oxygen atoms in total. The number of rotatable bonds is 5. The lowest BCUT2D eigenvalue weighted by atomic mass is 9.82. The van der Waals surface area contributed by atoms with E-state index < -0.39 is 6.10 Å². The minimum absolute atomic E-state index is 0.0996. The third-order valence-corrected chi connectivity index (χ3v) is 3.33. The Kier molecular flexibility index (Phi) is 4.33. The lowest BCUT2D eigenvalue weighted by Gasteiger charge is -2.35. The molecule has 0 radical (unpaired) electrons. The summed E-state index contributed by atoms with van der Waals surface area (Å²) < 4.78 is 5.68. The third kappa shape index (κ3) is 3.31. The van der Waals surface area contributed by atoms with Crippen molar-refractivity contribution in [3.05, 3.63) is 30.3 Å². The van der Waals surface area contributed by atoms with Crippen LogP contribution in [0.1, 0.15) is 19.8 Å². The Labute approximate surface area is 108 Å². The molecule has 0 spiro atoms. The van der Waals surface area contributed by atoms with Crippen LogP contribution >= 0.6 is 0 Å². The molecule has 3 N–H and O–H groups in total. The molecule has 18 heavy (non-hydrogen) atoms. The fourth-order valence-electron chi connectivity index (χ4n) is 2.09. The molecule has 1 saturated carbocycles. The van der Waals surface area contributed by atoms with Gasteiger partial charge in [-0.3, -0.25) is 4.79 Å². The van der Waals surface area contributed by atoms with Gasteiger partial charge in [0.05, 0.1) is 6.10 Å².